The molecule has 2 N–H and O–H groups in total. The molecule has 0 bridgehead atoms. The number of nitrogens with one attached hydrogen (secondary N) is 1. The molecule has 0 aliphatic rings. The Kier molecular flexibility index (Phi) is 4.81. The third-order valence-corrected chi connectivity index (χ3v) is 5.42. The maximum absolute atomic E-state index is 14.1. The minimum absolute atomic E-state index is 0.230. The Morgan fingerprint density at radius 3 is 2.92 bits per heavy atom. The minimum atomic E-state index is -1.02. The molecule has 124 valence electrons. The first-order chi connectivity index (χ1) is 11.5. The van der Waals surface area contributed by atoms with Gasteiger partial charge >= 0.3 is 6.09 Å². The number of carboxylic acid groups (broad SMARTS) is 1. The van der Waals surface area contributed by atoms with Crippen LogP contribution in [0.4, 0.5) is 9.18 Å². The SMILES string of the molecule is CN(Cc1cc(-c2cccnc2F)c(Sc2ncc[nH]2)s1)C(=O)O. The van der Waals surface area contributed by atoms with Crippen molar-refractivity contribution in [2.24, 2.45) is 0 Å². The van der Waals surface area contributed by atoms with Crippen molar-refractivity contribution >= 4 is 29.2 Å². The van der Waals surface area contributed by atoms with E-state index in [4.69, 9.17) is 5.11 Å². The number of H-pyrrole nitrogens is 1. The zero-order valence-corrected chi connectivity index (χ0v) is 14.2. The van der Waals surface area contributed by atoms with E-state index in [1.807, 2.05) is 0 Å². The van der Waals surface area contributed by atoms with E-state index in [0.29, 0.717) is 16.3 Å². The second kappa shape index (κ2) is 7.02. The molecule has 6 nitrogen and oxygen atoms in total. The monoisotopic (exact) mass is 364 g/mol. The smallest absolute Gasteiger partial charge is 0.407 e. The van der Waals surface area contributed by atoms with Crippen LogP contribution in [0.2, 0.25) is 0 Å². The number of thiophene rings is 1. The average Bonchev–Trinajstić information content (AvgIpc) is 3.18. The van der Waals surface area contributed by atoms with Crippen molar-refractivity contribution in [1.29, 1.82) is 0 Å². The number of imidazole rings is 1. The van der Waals surface area contributed by atoms with Crippen LogP contribution in [-0.2, 0) is 6.54 Å². The van der Waals surface area contributed by atoms with Gasteiger partial charge < -0.3 is 15.0 Å². The van der Waals surface area contributed by atoms with Crippen LogP contribution in [0.15, 0.2) is 46.2 Å². The second-order valence-electron chi connectivity index (χ2n) is 4.89. The quantitative estimate of drug-likeness (QED) is 0.670. The minimum Gasteiger partial charge on any atom is -0.465 e. The maximum Gasteiger partial charge on any atom is 0.407 e. The van der Waals surface area contributed by atoms with Crippen molar-refractivity contribution in [3.8, 4) is 11.1 Å². The highest BCUT2D eigenvalue weighted by Gasteiger charge is 2.18. The Bertz CT molecular complexity index is 851. The van der Waals surface area contributed by atoms with Gasteiger partial charge in [-0.1, -0.05) is 0 Å². The Hall–Kier alpha value is -2.39. The first-order valence-corrected chi connectivity index (χ1v) is 8.53. The van der Waals surface area contributed by atoms with E-state index >= 15 is 0 Å². The van der Waals surface area contributed by atoms with Crippen molar-refractivity contribution in [2.75, 3.05) is 7.05 Å². The Balaban J connectivity index is 1.99. The molecule has 0 saturated heterocycles. The predicted octanol–water partition coefficient (Wildman–Crippen LogP) is 3.93. The van der Waals surface area contributed by atoms with Gasteiger partial charge in [-0.25, -0.2) is 14.8 Å². The molecule has 3 heterocycles. The topological polar surface area (TPSA) is 82.1 Å². The van der Waals surface area contributed by atoms with Gasteiger partial charge in [-0.2, -0.15) is 4.39 Å². The van der Waals surface area contributed by atoms with Gasteiger partial charge in [-0.3, -0.25) is 0 Å². The van der Waals surface area contributed by atoms with Crippen LogP contribution in [-0.4, -0.2) is 38.1 Å². The fourth-order valence-corrected chi connectivity index (χ4v) is 4.42. The van der Waals surface area contributed by atoms with Crippen molar-refractivity contribution in [1.82, 2.24) is 19.9 Å². The lowest BCUT2D eigenvalue weighted by Gasteiger charge is -2.10. The van der Waals surface area contributed by atoms with Crippen LogP contribution in [0.3, 0.4) is 0 Å². The zero-order chi connectivity index (χ0) is 17.1. The van der Waals surface area contributed by atoms with Crippen molar-refractivity contribution in [3.05, 3.63) is 47.6 Å². The molecule has 0 aliphatic carbocycles. The molecule has 0 unspecified atom stereocenters. The van der Waals surface area contributed by atoms with E-state index < -0.39 is 12.0 Å². The number of nitrogens with zero attached hydrogens (tertiary/aromatic N) is 3. The van der Waals surface area contributed by atoms with Gasteiger partial charge in [0.1, 0.15) is 0 Å². The van der Waals surface area contributed by atoms with Gasteiger partial charge in [0.05, 0.1) is 10.8 Å². The highest BCUT2D eigenvalue weighted by atomic mass is 32.2. The number of carbonyl (C=O) groups is 1. The largest absolute Gasteiger partial charge is 0.465 e. The Morgan fingerprint density at radius 1 is 1.42 bits per heavy atom. The second-order valence-corrected chi connectivity index (χ2v) is 7.28. The van der Waals surface area contributed by atoms with E-state index in [-0.39, 0.29) is 6.54 Å². The predicted molar refractivity (Wildman–Crippen MR) is 89.7 cm³/mol. The molecule has 0 aromatic carbocycles. The number of hydrogen-bond donors (Lipinski definition) is 2. The molecule has 24 heavy (non-hydrogen) atoms. The number of hydrogen-bond acceptors (Lipinski definition) is 5. The normalized spacial score (nSPS) is 10.8. The lowest BCUT2D eigenvalue weighted by atomic mass is 10.1. The molecular formula is C15H13FN4O2S2. The summed E-state index contributed by atoms with van der Waals surface area (Å²) in [7, 11) is 1.49. The van der Waals surface area contributed by atoms with Crippen LogP contribution in [0.25, 0.3) is 11.1 Å². The molecule has 0 fully saturated rings. The summed E-state index contributed by atoms with van der Waals surface area (Å²) in [6, 6.07) is 5.12. The third-order valence-electron chi connectivity index (χ3n) is 3.18. The molecular weight excluding hydrogens is 351 g/mol. The third kappa shape index (κ3) is 3.57. The van der Waals surface area contributed by atoms with Crippen molar-refractivity contribution < 1.29 is 14.3 Å². The summed E-state index contributed by atoms with van der Waals surface area (Å²) in [5.74, 6) is -0.560. The van der Waals surface area contributed by atoms with Crippen molar-refractivity contribution in [2.45, 2.75) is 15.9 Å². The molecule has 0 atom stereocenters. The fourth-order valence-electron chi connectivity index (χ4n) is 2.05. The number of halogens is 1. The first-order valence-electron chi connectivity index (χ1n) is 6.89. The van der Waals surface area contributed by atoms with Gasteiger partial charge in [-0.05, 0) is 30.0 Å². The van der Waals surface area contributed by atoms with Crippen LogP contribution < -0.4 is 0 Å². The Labute approximate surface area is 145 Å². The van der Waals surface area contributed by atoms with Gasteiger partial charge in [0, 0.05) is 41.6 Å². The maximum atomic E-state index is 14.1. The molecule has 0 radical (unpaired) electrons. The summed E-state index contributed by atoms with van der Waals surface area (Å²) in [6.45, 7) is 0.230. The summed E-state index contributed by atoms with van der Waals surface area (Å²) in [5, 5.41) is 9.71. The summed E-state index contributed by atoms with van der Waals surface area (Å²) < 4.78 is 14.9. The fraction of sp³-hybridized carbons (Fsp3) is 0.133. The molecule has 0 aliphatic heterocycles. The summed E-state index contributed by atoms with van der Waals surface area (Å²) in [5.41, 5.74) is 1.06. The molecule has 9 heteroatoms. The first kappa shape index (κ1) is 16.5. The molecule has 3 aromatic heterocycles. The highest BCUT2D eigenvalue weighted by molar-refractivity contribution is 8.01. The van der Waals surface area contributed by atoms with Gasteiger partial charge in [0.2, 0.25) is 5.95 Å². The number of aromatic amines is 1. The summed E-state index contributed by atoms with van der Waals surface area (Å²) in [6.07, 6.45) is 3.72. The van der Waals surface area contributed by atoms with E-state index in [2.05, 4.69) is 15.0 Å². The number of aromatic nitrogens is 3. The molecule has 3 aromatic rings. The summed E-state index contributed by atoms with van der Waals surface area (Å²) in [4.78, 5) is 23.9. The molecule has 3 rings (SSSR count). The standard InChI is InChI=1S/C15H13FN4O2S2/c1-20(15(21)22)8-9-7-11(10-3-2-4-17-12(10)16)13(23-9)24-14-18-5-6-19-14/h2-7H,8H2,1H3,(H,18,19)(H,21,22). The lowest BCUT2D eigenvalue weighted by Crippen LogP contribution is -2.23. The van der Waals surface area contributed by atoms with Gasteiger partial charge in [0.25, 0.3) is 0 Å². The average molecular weight is 364 g/mol. The van der Waals surface area contributed by atoms with E-state index in [9.17, 15) is 9.18 Å². The Morgan fingerprint density at radius 2 is 2.25 bits per heavy atom. The number of amides is 1. The number of pyridine rings is 1. The molecule has 1 amide bonds. The zero-order valence-electron chi connectivity index (χ0n) is 12.6. The highest BCUT2D eigenvalue weighted by Crippen LogP contribution is 2.42. The van der Waals surface area contributed by atoms with Gasteiger partial charge in [-0.15, -0.1) is 11.3 Å². The van der Waals surface area contributed by atoms with Crippen LogP contribution in [0.5, 0.6) is 0 Å². The lowest BCUT2D eigenvalue weighted by molar-refractivity contribution is 0.154. The van der Waals surface area contributed by atoms with Crippen LogP contribution in [0.1, 0.15) is 4.88 Å². The van der Waals surface area contributed by atoms with Crippen LogP contribution in [0, 0.1) is 5.95 Å². The van der Waals surface area contributed by atoms with Crippen molar-refractivity contribution in [3.63, 3.8) is 0 Å². The van der Waals surface area contributed by atoms with E-state index in [1.54, 1.807) is 30.6 Å². The number of rotatable bonds is 5. The molecule has 0 spiro atoms. The van der Waals surface area contributed by atoms with E-state index in [1.165, 1.54) is 41.2 Å². The van der Waals surface area contributed by atoms with E-state index in [0.717, 1.165) is 9.09 Å². The summed E-state index contributed by atoms with van der Waals surface area (Å²) >= 11 is 2.78. The van der Waals surface area contributed by atoms with Gasteiger partial charge in [0.15, 0.2) is 5.16 Å². The molecule has 0 saturated carbocycles. The van der Waals surface area contributed by atoms with Crippen LogP contribution >= 0.6 is 23.1 Å².